The van der Waals surface area contributed by atoms with E-state index in [1.165, 1.54) is 0 Å². The highest BCUT2D eigenvalue weighted by Crippen LogP contribution is 2.27. The van der Waals surface area contributed by atoms with E-state index in [1.807, 2.05) is 6.07 Å². The van der Waals surface area contributed by atoms with Crippen molar-refractivity contribution in [3.8, 4) is 0 Å². The van der Waals surface area contributed by atoms with Gasteiger partial charge >= 0.3 is 0 Å². The molecule has 2 heterocycles. The molecule has 0 amide bonds. The zero-order valence-corrected chi connectivity index (χ0v) is 11.2. The van der Waals surface area contributed by atoms with Crippen molar-refractivity contribution in [2.45, 2.75) is 25.9 Å². The van der Waals surface area contributed by atoms with Crippen molar-refractivity contribution in [3.63, 3.8) is 0 Å². The Balaban J connectivity index is 1.95. The molecular weight excluding hydrogens is 262 g/mol. The van der Waals surface area contributed by atoms with Crippen molar-refractivity contribution in [2.24, 2.45) is 0 Å². The zero-order valence-electron chi connectivity index (χ0n) is 11.2. The van der Waals surface area contributed by atoms with Crippen LogP contribution in [0.1, 0.15) is 18.5 Å². The second kappa shape index (κ2) is 5.32. The van der Waals surface area contributed by atoms with E-state index < -0.39 is 11.6 Å². The van der Waals surface area contributed by atoms with Crippen LogP contribution < -0.4 is 5.32 Å². The summed E-state index contributed by atoms with van der Waals surface area (Å²) in [4.78, 5) is 4.09. The molecule has 1 unspecified atom stereocenters. The number of nitrogens with zero attached hydrogens (tertiary/aromatic N) is 1. The molecule has 3 rings (SSSR count). The molecule has 1 aliphatic rings. The van der Waals surface area contributed by atoms with Crippen molar-refractivity contribution in [2.75, 3.05) is 18.5 Å². The van der Waals surface area contributed by atoms with Gasteiger partial charge < -0.3 is 10.1 Å². The first-order valence-electron chi connectivity index (χ1n) is 6.76. The fourth-order valence-corrected chi connectivity index (χ4v) is 2.54. The van der Waals surface area contributed by atoms with Gasteiger partial charge in [-0.1, -0.05) is 0 Å². The molecule has 106 valence electrons. The van der Waals surface area contributed by atoms with Crippen LogP contribution in [0, 0.1) is 18.6 Å². The predicted molar refractivity (Wildman–Crippen MR) is 73.9 cm³/mol. The molecular formula is C15H16F2N2O. The van der Waals surface area contributed by atoms with Crippen molar-refractivity contribution < 1.29 is 13.5 Å². The minimum Gasteiger partial charge on any atom is -0.382 e. The number of hydrogen-bond donors (Lipinski definition) is 1. The summed E-state index contributed by atoms with van der Waals surface area (Å²) >= 11 is 0. The van der Waals surface area contributed by atoms with Crippen molar-refractivity contribution in [1.29, 1.82) is 0 Å². The average Bonchev–Trinajstić information content (AvgIpc) is 2.94. The molecule has 0 radical (unpaired) electrons. The first kappa shape index (κ1) is 13.2. The monoisotopic (exact) mass is 278 g/mol. The smallest absolute Gasteiger partial charge is 0.185 e. The molecule has 1 saturated heterocycles. The number of nitrogens with one attached hydrogen (secondary N) is 1. The molecule has 0 aliphatic carbocycles. The topological polar surface area (TPSA) is 34.1 Å². The highest BCUT2D eigenvalue weighted by Gasteiger charge is 2.17. The van der Waals surface area contributed by atoms with Gasteiger partial charge in [-0.3, -0.25) is 0 Å². The summed E-state index contributed by atoms with van der Waals surface area (Å²) in [5.41, 5.74) is 1.48. The van der Waals surface area contributed by atoms with E-state index in [0.29, 0.717) is 17.6 Å². The molecule has 1 fully saturated rings. The van der Waals surface area contributed by atoms with Crippen LogP contribution in [0.4, 0.5) is 14.5 Å². The normalized spacial score (nSPS) is 18.6. The Morgan fingerprint density at radius 2 is 2.25 bits per heavy atom. The van der Waals surface area contributed by atoms with Gasteiger partial charge in [0.05, 0.1) is 6.10 Å². The maximum absolute atomic E-state index is 13.8. The average molecular weight is 278 g/mol. The lowest BCUT2D eigenvalue weighted by molar-refractivity contribution is 0.120. The predicted octanol–water partition coefficient (Wildman–Crippen LogP) is 3.41. The Morgan fingerprint density at radius 1 is 1.40 bits per heavy atom. The lowest BCUT2D eigenvalue weighted by atomic mass is 10.1. The van der Waals surface area contributed by atoms with Gasteiger partial charge in [0, 0.05) is 29.9 Å². The molecule has 0 spiro atoms. The number of rotatable bonds is 3. The number of hydrogen-bond acceptors (Lipinski definition) is 3. The summed E-state index contributed by atoms with van der Waals surface area (Å²) < 4.78 is 32.6. The minimum absolute atomic E-state index is 0.0693. The van der Waals surface area contributed by atoms with Gasteiger partial charge in [-0.2, -0.15) is 0 Å². The van der Waals surface area contributed by atoms with E-state index in [1.54, 1.807) is 13.0 Å². The summed E-state index contributed by atoms with van der Waals surface area (Å²) in [7, 11) is 0. The SMILES string of the molecule is Cc1cc(NCC2CCCO2)c2ccc(F)c(F)c2n1. The second-order valence-electron chi connectivity index (χ2n) is 5.08. The third-order valence-electron chi connectivity index (χ3n) is 3.54. The third-order valence-corrected chi connectivity index (χ3v) is 3.54. The van der Waals surface area contributed by atoms with Crippen LogP contribution >= 0.6 is 0 Å². The van der Waals surface area contributed by atoms with Crippen LogP contribution in [0.3, 0.4) is 0 Å². The fraction of sp³-hybridized carbons (Fsp3) is 0.400. The van der Waals surface area contributed by atoms with E-state index in [2.05, 4.69) is 10.3 Å². The summed E-state index contributed by atoms with van der Waals surface area (Å²) in [5.74, 6) is -1.77. The maximum atomic E-state index is 13.8. The van der Waals surface area contributed by atoms with Gasteiger partial charge in [0.15, 0.2) is 11.6 Å². The van der Waals surface area contributed by atoms with Crippen LogP contribution in [0.25, 0.3) is 10.9 Å². The van der Waals surface area contributed by atoms with Crippen molar-refractivity contribution in [1.82, 2.24) is 4.98 Å². The molecule has 0 bridgehead atoms. The number of halogens is 2. The van der Waals surface area contributed by atoms with E-state index in [9.17, 15) is 8.78 Å². The minimum atomic E-state index is -0.897. The van der Waals surface area contributed by atoms with Gasteiger partial charge in [0.1, 0.15) is 5.52 Å². The number of anilines is 1. The Bertz CT molecular complexity index is 639. The number of ether oxygens (including phenoxy) is 1. The van der Waals surface area contributed by atoms with Gasteiger partial charge in [-0.05, 0) is 38.0 Å². The molecule has 0 saturated carbocycles. The molecule has 1 N–H and O–H groups in total. The number of benzene rings is 1. The number of pyridine rings is 1. The highest BCUT2D eigenvalue weighted by molar-refractivity contribution is 5.91. The zero-order chi connectivity index (χ0) is 14.1. The number of aryl methyl sites for hydroxylation is 1. The Kier molecular flexibility index (Phi) is 3.53. The van der Waals surface area contributed by atoms with Crippen molar-refractivity contribution in [3.05, 3.63) is 35.5 Å². The van der Waals surface area contributed by atoms with Crippen LogP contribution in [-0.4, -0.2) is 24.2 Å². The van der Waals surface area contributed by atoms with Crippen LogP contribution in [0.5, 0.6) is 0 Å². The van der Waals surface area contributed by atoms with E-state index in [0.717, 1.165) is 31.2 Å². The van der Waals surface area contributed by atoms with E-state index >= 15 is 0 Å². The van der Waals surface area contributed by atoms with Gasteiger partial charge in [-0.25, -0.2) is 13.8 Å². The number of aromatic nitrogens is 1. The van der Waals surface area contributed by atoms with Crippen LogP contribution in [0.15, 0.2) is 18.2 Å². The first-order chi connectivity index (χ1) is 9.65. The van der Waals surface area contributed by atoms with E-state index in [4.69, 9.17) is 4.74 Å². The quantitative estimate of drug-likeness (QED) is 0.934. The van der Waals surface area contributed by atoms with Crippen molar-refractivity contribution >= 4 is 16.6 Å². The Hall–Kier alpha value is -1.75. The third kappa shape index (κ3) is 2.45. The van der Waals surface area contributed by atoms with Gasteiger partial charge in [0.2, 0.25) is 0 Å². The van der Waals surface area contributed by atoms with Gasteiger partial charge in [0.25, 0.3) is 0 Å². The lowest BCUT2D eigenvalue weighted by Gasteiger charge is -2.14. The molecule has 1 atom stereocenters. The second-order valence-corrected chi connectivity index (χ2v) is 5.08. The number of fused-ring (bicyclic) bond motifs is 1. The fourth-order valence-electron chi connectivity index (χ4n) is 2.54. The standard InChI is InChI=1S/C15H16F2N2O/c1-9-7-13(18-8-10-3-2-6-20-10)11-4-5-12(16)14(17)15(11)19-9/h4-5,7,10H,2-3,6,8H2,1H3,(H,18,19). The van der Waals surface area contributed by atoms with Crippen LogP contribution in [-0.2, 0) is 4.74 Å². The summed E-state index contributed by atoms with van der Waals surface area (Å²) in [6.07, 6.45) is 2.28. The molecule has 20 heavy (non-hydrogen) atoms. The molecule has 3 nitrogen and oxygen atoms in total. The summed E-state index contributed by atoms with van der Waals surface area (Å²) in [5, 5.41) is 3.85. The largest absolute Gasteiger partial charge is 0.382 e. The van der Waals surface area contributed by atoms with Crippen LogP contribution in [0.2, 0.25) is 0 Å². The van der Waals surface area contributed by atoms with E-state index in [-0.39, 0.29) is 11.6 Å². The maximum Gasteiger partial charge on any atom is 0.185 e. The molecule has 1 aromatic heterocycles. The molecule has 5 heteroatoms. The summed E-state index contributed by atoms with van der Waals surface area (Å²) in [6, 6.07) is 4.53. The first-order valence-corrected chi connectivity index (χ1v) is 6.76. The Morgan fingerprint density at radius 3 is 3.00 bits per heavy atom. The van der Waals surface area contributed by atoms with Gasteiger partial charge in [-0.15, -0.1) is 0 Å². The molecule has 2 aromatic rings. The molecule has 1 aliphatic heterocycles. The lowest BCUT2D eigenvalue weighted by Crippen LogP contribution is -2.18. The highest BCUT2D eigenvalue weighted by atomic mass is 19.2. The molecule has 1 aromatic carbocycles. The Labute approximate surface area is 116 Å². The summed E-state index contributed by atoms with van der Waals surface area (Å²) in [6.45, 7) is 3.22.